The second-order valence-corrected chi connectivity index (χ2v) is 7.05. The highest BCUT2D eigenvalue weighted by Crippen LogP contribution is 2.39. The van der Waals surface area contributed by atoms with Crippen molar-refractivity contribution < 1.29 is 0 Å². The normalized spacial score (nSPS) is 22.2. The molecular formula is C18H19BrClN. The van der Waals surface area contributed by atoms with Crippen LogP contribution in [0.2, 0.25) is 5.02 Å². The van der Waals surface area contributed by atoms with E-state index in [1.807, 2.05) is 6.07 Å². The summed E-state index contributed by atoms with van der Waals surface area (Å²) in [5.41, 5.74) is 4.11. The number of nitrogens with one attached hydrogen (secondary N) is 1. The van der Waals surface area contributed by atoms with Crippen LogP contribution in [0.4, 0.5) is 0 Å². The largest absolute Gasteiger partial charge is 0.316 e. The van der Waals surface area contributed by atoms with Gasteiger partial charge < -0.3 is 5.32 Å². The summed E-state index contributed by atoms with van der Waals surface area (Å²) in [6.07, 6.45) is 1.16. The molecule has 0 spiro atoms. The Kier molecular flexibility index (Phi) is 4.68. The van der Waals surface area contributed by atoms with Gasteiger partial charge in [0.2, 0.25) is 0 Å². The molecule has 1 aliphatic heterocycles. The van der Waals surface area contributed by atoms with Crippen LogP contribution in [0.5, 0.6) is 0 Å². The molecule has 2 aromatic carbocycles. The monoisotopic (exact) mass is 363 g/mol. The van der Waals surface area contributed by atoms with Gasteiger partial charge in [-0.15, -0.1) is 0 Å². The number of rotatable bonds is 2. The molecule has 3 heteroatoms. The summed E-state index contributed by atoms with van der Waals surface area (Å²) < 4.78 is 0.989. The lowest BCUT2D eigenvalue weighted by atomic mass is 9.77. The van der Waals surface area contributed by atoms with Crippen molar-refractivity contribution in [2.24, 2.45) is 0 Å². The van der Waals surface area contributed by atoms with Crippen molar-refractivity contribution in [2.45, 2.75) is 25.2 Å². The van der Waals surface area contributed by atoms with Crippen molar-refractivity contribution in [3.63, 3.8) is 0 Å². The molecule has 0 aromatic heterocycles. The minimum atomic E-state index is 0.521. The zero-order valence-electron chi connectivity index (χ0n) is 12.1. The van der Waals surface area contributed by atoms with Crippen molar-refractivity contribution in [3.05, 3.63) is 68.7 Å². The molecule has 110 valence electrons. The molecule has 1 N–H and O–H groups in total. The molecule has 2 unspecified atom stereocenters. The maximum absolute atomic E-state index is 6.13. The molecule has 1 aliphatic rings. The Bertz CT molecular complexity index is 624. The Morgan fingerprint density at radius 3 is 2.48 bits per heavy atom. The summed E-state index contributed by atoms with van der Waals surface area (Å²) >= 11 is 9.68. The highest BCUT2D eigenvalue weighted by molar-refractivity contribution is 9.10. The lowest BCUT2D eigenvalue weighted by molar-refractivity contribution is 0.404. The summed E-state index contributed by atoms with van der Waals surface area (Å²) in [5.74, 6) is 1.06. The zero-order chi connectivity index (χ0) is 14.8. The summed E-state index contributed by atoms with van der Waals surface area (Å²) in [4.78, 5) is 0. The molecule has 1 saturated heterocycles. The van der Waals surface area contributed by atoms with Crippen LogP contribution in [0, 0.1) is 6.92 Å². The van der Waals surface area contributed by atoms with E-state index < -0.39 is 0 Å². The van der Waals surface area contributed by atoms with E-state index in [0.29, 0.717) is 11.8 Å². The molecule has 0 radical (unpaired) electrons. The highest BCUT2D eigenvalue weighted by Gasteiger charge is 2.27. The van der Waals surface area contributed by atoms with Gasteiger partial charge in [-0.3, -0.25) is 0 Å². The molecule has 2 atom stereocenters. The predicted molar refractivity (Wildman–Crippen MR) is 93.3 cm³/mol. The number of halogens is 2. The summed E-state index contributed by atoms with van der Waals surface area (Å²) in [7, 11) is 0. The van der Waals surface area contributed by atoms with E-state index in [-0.39, 0.29) is 0 Å². The van der Waals surface area contributed by atoms with Gasteiger partial charge in [-0.05, 0) is 65.0 Å². The molecule has 0 aliphatic carbocycles. The quantitative estimate of drug-likeness (QED) is 0.765. The third kappa shape index (κ3) is 3.33. The van der Waals surface area contributed by atoms with Crippen molar-refractivity contribution in [3.8, 4) is 0 Å². The fraction of sp³-hybridized carbons (Fsp3) is 0.333. The molecule has 21 heavy (non-hydrogen) atoms. The molecule has 0 saturated carbocycles. The lowest BCUT2D eigenvalue weighted by Crippen LogP contribution is -2.34. The van der Waals surface area contributed by atoms with Crippen LogP contribution in [0.1, 0.15) is 34.9 Å². The van der Waals surface area contributed by atoms with E-state index in [1.165, 1.54) is 16.7 Å². The topological polar surface area (TPSA) is 12.0 Å². The highest BCUT2D eigenvalue weighted by atomic mass is 79.9. The van der Waals surface area contributed by atoms with Gasteiger partial charge >= 0.3 is 0 Å². The number of hydrogen-bond acceptors (Lipinski definition) is 1. The van der Waals surface area contributed by atoms with Gasteiger partial charge in [0.25, 0.3) is 0 Å². The molecule has 1 nitrogen and oxygen atoms in total. The van der Waals surface area contributed by atoms with Gasteiger partial charge in [-0.2, -0.15) is 0 Å². The third-order valence-electron chi connectivity index (χ3n) is 4.36. The second-order valence-electron chi connectivity index (χ2n) is 5.79. The molecule has 0 bridgehead atoms. The van der Waals surface area contributed by atoms with E-state index in [2.05, 4.69) is 64.6 Å². The Morgan fingerprint density at radius 2 is 1.76 bits per heavy atom. The van der Waals surface area contributed by atoms with Crippen LogP contribution in [0.3, 0.4) is 0 Å². The third-order valence-corrected chi connectivity index (χ3v) is 5.57. The maximum Gasteiger partial charge on any atom is 0.0548 e. The number of hydrogen-bond donors (Lipinski definition) is 1. The maximum atomic E-state index is 6.13. The van der Waals surface area contributed by atoms with E-state index in [1.54, 1.807) is 0 Å². The summed E-state index contributed by atoms with van der Waals surface area (Å²) in [6.45, 7) is 4.25. The van der Waals surface area contributed by atoms with Crippen molar-refractivity contribution in [1.82, 2.24) is 5.32 Å². The van der Waals surface area contributed by atoms with Crippen molar-refractivity contribution in [1.29, 1.82) is 0 Å². The van der Waals surface area contributed by atoms with Gasteiger partial charge in [0, 0.05) is 16.9 Å². The Morgan fingerprint density at radius 1 is 1.05 bits per heavy atom. The average Bonchev–Trinajstić information content (AvgIpc) is 2.51. The van der Waals surface area contributed by atoms with Gasteiger partial charge in [-0.1, -0.05) is 47.5 Å². The van der Waals surface area contributed by atoms with Crippen LogP contribution in [0.15, 0.2) is 46.9 Å². The van der Waals surface area contributed by atoms with Gasteiger partial charge in [0.15, 0.2) is 0 Å². The fourth-order valence-corrected chi connectivity index (χ4v) is 3.68. The van der Waals surface area contributed by atoms with Crippen molar-refractivity contribution in [2.75, 3.05) is 13.1 Å². The standard InChI is InChI=1S/C18H19BrClN/c1-12-2-4-13(5-3-12)16-11-21-9-8-15(16)14-6-7-18(20)17(19)10-14/h2-7,10,15-16,21H,8-9,11H2,1H3. The molecule has 2 aromatic rings. The van der Waals surface area contributed by atoms with Crippen LogP contribution >= 0.6 is 27.5 Å². The molecule has 3 rings (SSSR count). The van der Waals surface area contributed by atoms with E-state index >= 15 is 0 Å². The van der Waals surface area contributed by atoms with Crippen LogP contribution in [-0.2, 0) is 0 Å². The average molecular weight is 365 g/mol. The first kappa shape index (κ1) is 15.1. The minimum Gasteiger partial charge on any atom is -0.316 e. The first-order valence-electron chi connectivity index (χ1n) is 7.37. The summed E-state index contributed by atoms with van der Waals surface area (Å²) in [6, 6.07) is 15.3. The Labute approximate surface area is 139 Å². The van der Waals surface area contributed by atoms with Gasteiger partial charge in [-0.25, -0.2) is 0 Å². The molecule has 1 fully saturated rings. The van der Waals surface area contributed by atoms with Gasteiger partial charge in [0.1, 0.15) is 0 Å². The van der Waals surface area contributed by atoms with Crippen molar-refractivity contribution >= 4 is 27.5 Å². The Hall–Kier alpha value is -0.830. The number of benzene rings is 2. The SMILES string of the molecule is Cc1ccc(C2CNCCC2c2ccc(Cl)c(Br)c2)cc1. The first-order valence-corrected chi connectivity index (χ1v) is 8.54. The predicted octanol–water partition coefficient (Wildman–Crippen LogP) is 5.27. The molecular weight excluding hydrogens is 346 g/mol. The van der Waals surface area contributed by atoms with E-state index in [9.17, 15) is 0 Å². The van der Waals surface area contributed by atoms with E-state index in [0.717, 1.165) is 29.0 Å². The fourth-order valence-electron chi connectivity index (χ4n) is 3.16. The second kappa shape index (κ2) is 6.51. The Balaban J connectivity index is 1.94. The number of aryl methyl sites for hydroxylation is 1. The first-order chi connectivity index (χ1) is 10.1. The van der Waals surface area contributed by atoms with Crippen LogP contribution < -0.4 is 5.32 Å². The van der Waals surface area contributed by atoms with Crippen LogP contribution in [0.25, 0.3) is 0 Å². The van der Waals surface area contributed by atoms with Gasteiger partial charge in [0.05, 0.1) is 5.02 Å². The molecule has 1 heterocycles. The lowest BCUT2D eigenvalue weighted by Gasteiger charge is -2.33. The minimum absolute atomic E-state index is 0.521. The summed E-state index contributed by atoms with van der Waals surface area (Å²) in [5, 5.41) is 4.31. The van der Waals surface area contributed by atoms with E-state index in [4.69, 9.17) is 11.6 Å². The zero-order valence-corrected chi connectivity index (χ0v) is 14.4. The van der Waals surface area contributed by atoms with Crippen LogP contribution in [-0.4, -0.2) is 13.1 Å². The number of piperidine rings is 1. The molecule has 0 amide bonds. The smallest absolute Gasteiger partial charge is 0.0548 e.